The van der Waals surface area contributed by atoms with E-state index in [1.165, 1.54) is 50.3 Å². The number of aromatic amines is 2. The van der Waals surface area contributed by atoms with Crippen molar-refractivity contribution in [2.45, 2.75) is 126 Å². The molecule has 1 aliphatic heterocycles. The van der Waals surface area contributed by atoms with Crippen LogP contribution in [0, 0.1) is 5.92 Å². The average Bonchev–Trinajstić information content (AvgIpc) is 4.48. The summed E-state index contributed by atoms with van der Waals surface area (Å²) in [6, 6.07) is 8.97. The van der Waals surface area contributed by atoms with Gasteiger partial charge in [-0.25, -0.2) is 9.78 Å². The molecule has 3 heterocycles. The highest BCUT2D eigenvalue weighted by atomic mass is 32.1. The molecular weight excluding hydrogens is 1090 g/mol. The molecule has 0 unspecified atom stereocenters. The second kappa shape index (κ2) is 29.8. The van der Waals surface area contributed by atoms with Gasteiger partial charge in [-0.1, -0.05) is 74.5 Å². The van der Waals surface area contributed by atoms with E-state index in [1.807, 2.05) is 24.3 Å². The quantitative estimate of drug-likeness (QED) is 0.0243. The number of carboxylic acid groups (broad SMARTS) is 1. The smallest absolute Gasteiger partial charge is 0.326 e. The molecule has 0 aliphatic carbocycles. The molecule has 10 atom stereocenters. The molecule has 5 aromatic rings. The van der Waals surface area contributed by atoms with Crippen LogP contribution in [0.2, 0.25) is 0 Å². The summed E-state index contributed by atoms with van der Waals surface area (Å²) in [4.78, 5) is 148. The van der Waals surface area contributed by atoms with Crippen molar-refractivity contribution in [3.8, 4) is 5.75 Å². The number of aromatic nitrogens is 3. The van der Waals surface area contributed by atoms with E-state index in [-0.39, 0.29) is 50.2 Å². The lowest BCUT2D eigenvalue weighted by Crippen LogP contribution is -2.63. The van der Waals surface area contributed by atoms with Crippen molar-refractivity contribution in [1.82, 2.24) is 57.1 Å². The van der Waals surface area contributed by atoms with Crippen LogP contribution in [-0.2, 0) is 73.6 Å². The average molecular weight is 1170 g/mol. The number of para-hydroxylation sites is 1. The maximum absolute atomic E-state index is 14.8. The minimum absolute atomic E-state index is 0.0491. The number of carbonyl (C=O) groups is 10. The number of nitrogens with one attached hydrogen (secondary N) is 9. The van der Waals surface area contributed by atoms with Gasteiger partial charge in [-0.05, 0) is 67.0 Å². The topological polar surface area (TPSA) is 415 Å². The zero-order valence-electron chi connectivity index (χ0n) is 45.9. The largest absolute Gasteiger partial charge is 0.508 e. The van der Waals surface area contributed by atoms with Crippen molar-refractivity contribution in [3.63, 3.8) is 0 Å². The first kappa shape index (κ1) is 63.4. The number of H-pyrrole nitrogens is 2. The predicted octanol–water partition coefficient (Wildman–Crippen LogP) is -1.49. The number of likely N-dealkylation sites (tertiary alicyclic amines) is 1. The summed E-state index contributed by atoms with van der Waals surface area (Å²) in [5, 5.41) is 49.2. The number of nitrogens with two attached hydrogens (primary N) is 2. The number of aliphatic hydroxyl groups is 1. The number of aliphatic carboxylic acids is 1. The fourth-order valence-electron chi connectivity index (χ4n) is 9.47. The SMILES string of the molecule is CC(C)[C@H](NC(=O)[C@@H](NC(=O)[C@H](CS)NC(=O)[C@@H]1CCCN1C(=O)[C@H](Cc1ccc(O)cc1)NC(=O)[C@H](Cc1cnc[nH]1)NC(=O)[C@@H](N)Cc1c[nH]c2ccccc12)[C@@H](C)O)C(=O)N[C@@H](CC(N)=O)C(=O)N[C@@H](Cc1ccccc1)C(=O)O. The molecule has 1 aliphatic rings. The van der Waals surface area contributed by atoms with Crippen LogP contribution in [0.15, 0.2) is 97.6 Å². The van der Waals surface area contributed by atoms with Gasteiger partial charge >= 0.3 is 5.97 Å². The summed E-state index contributed by atoms with van der Waals surface area (Å²) in [6.45, 7) is 4.28. The van der Waals surface area contributed by atoms with Gasteiger partial charge in [-0.15, -0.1) is 0 Å². The van der Waals surface area contributed by atoms with Gasteiger partial charge in [-0.3, -0.25) is 43.2 Å². The number of phenols is 1. The van der Waals surface area contributed by atoms with Gasteiger partial charge in [0.05, 0.1) is 24.9 Å². The Kier molecular flexibility index (Phi) is 22.7. The van der Waals surface area contributed by atoms with E-state index in [4.69, 9.17) is 11.5 Å². The first-order valence-electron chi connectivity index (χ1n) is 26.9. The van der Waals surface area contributed by atoms with Crippen LogP contribution in [0.4, 0.5) is 0 Å². The third-order valence-corrected chi connectivity index (χ3v) is 14.3. The number of aromatic hydroxyl groups is 1. The standard InChI is InChI=1S/C56H71N13O13S/c1-29(2)46(53(78)63-40(24-45(58)72)50(75)65-42(56(81)82)21-31-10-5-4-6-11-31)67-54(79)47(30(3)70)68-51(76)43(27-83)66-52(77)44-14-9-19-69(44)55(80)41(20-32-15-17-35(71)18-16-32)64-49(74)39(23-34-26-59-28-61-34)62-48(73)37(57)22-33-25-60-38-13-8-7-12-36(33)38/h4-8,10-13,15-18,25-26,28-30,37,39-44,46-47,60,70-71,83H,9,14,19-24,27,57H2,1-3H3,(H2,58,72)(H,59,61)(H,62,73)(H,63,78)(H,64,74)(H,65,75)(H,66,77)(H,67,79)(H,68,76)(H,81,82)/t30-,37+,39+,40+,41+,42+,43+,44+,46+,47+/m1/s1. The summed E-state index contributed by atoms with van der Waals surface area (Å²) < 4.78 is 0. The molecule has 444 valence electrons. The Balaban J connectivity index is 1.12. The number of benzene rings is 3. The second-order valence-electron chi connectivity index (χ2n) is 20.7. The monoisotopic (exact) mass is 1170 g/mol. The summed E-state index contributed by atoms with van der Waals surface area (Å²) in [5.41, 5.74) is 15.0. The lowest BCUT2D eigenvalue weighted by Gasteiger charge is -2.31. The molecule has 1 fully saturated rings. The Morgan fingerprint density at radius 2 is 1.27 bits per heavy atom. The highest BCUT2D eigenvalue weighted by molar-refractivity contribution is 7.80. The third kappa shape index (κ3) is 17.8. The zero-order chi connectivity index (χ0) is 60.5. The van der Waals surface area contributed by atoms with Crippen LogP contribution in [0.5, 0.6) is 5.75 Å². The second-order valence-corrected chi connectivity index (χ2v) is 21.0. The number of fused-ring (bicyclic) bond motifs is 1. The van der Waals surface area contributed by atoms with Crippen molar-refractivity contribution in [2.75, 3.05) is 12.3 Å². The number of aliphatic hydroxyl groups excluding tert-OH is 1. The predicted molar refractivity (Wildman–Crippen MR) is 304 cm³/mol. The van der Waals surface area contributed by atoms with Crippen LogP contribution < -0.4 is 48.7 Å². The van der Waals surface area contributed by atoms with Crippen molar-refractivity contribution in [1.29, 1.82) is 0 Å². The third-order valence-electron chi connectivity index (χ3n) is 14.0. The summed E-state index contributed by atoms with van der Waals surface area (Å²) in [6.07, 6.45) is 2.49. The van der Waals surface area contributed by atoms with Gasteiger partial charge in [0.25, 0.3) is 0 Å². The molecule has 27 heteroatoms. The number of amides is 9. The molecule has 83 heavy (non-hydrogen) atoms. The first-order valence-corrected chi connectivity index (χ1v) is 27.5. The number of phenolic OH excluding ortho intramolecular Hbond substituents is 1. The molecule has 3 aromatic carbocycles. The molecular formula is C56H71N13O13S. The molecule has 0 radical (unpaired) electrons. The number of hydrogen-bond donors (Lipinski definition) is 15. The number of thiol groups is 1. The van der Waals surface area contributed by atoms with Gasteiger partial charge in [0.1, 0.15) is 54.1 Å². The molecule has 9 amide bonds. The van der Waals surface area contributed by atoms with Crippen LogP contribution in [0.1, 0.15) is 62.4 Å². The normalized spacial score (nSPS) is 16.4. The van der Waals surface area contributed by atoms with Gasteiger partial charge in [0, 0.05) is 60.6 Å². The lowest BCUT2D eigenvalue weighted by molar-refractivity contribution is -0.142. The van der Waals surface area contributed by atoms with E-state index in [0.29, 0.717) is 23.2 Å². The Morgan fingerprint density at radius 3 is 1.90 bits per heavy atom. The first-order chi connectivity index (χ1) is 39.5. The molecule has 0 bridgehead atoms. The van der Waals surface area contributed by atoms with E-state index in [2.05, 4.69) is 64.8 Å². The summed E-state index contributed by atoms with van der Waals surface area (Å²) in [7, 11) is 0. The van der Waals surface area contributed by atoms with Crippen LogP contribution in [0.25, 0.3) is 10.9 Å². The van der Waals surface area contributed by atoms with Crippen molar-refractivity contribution < 1.29 is 63.3 Å². The Morgan fingerprint density at radius 1 is 0.675 bits per heavy atom. The maximum atomic E-state index is 14.8. The molecule has 0 saturated carbocycles. The minimum atomic E-state index is -1.76. The molecule has 1 saturated heterocycles. The van der Waals surface area contributed by atoms with Gasteiger partial charge < -0.3 is 78.9 Å². The number of imidazole rings is 1. The molecule has 26 nitrogen and oxygen atoms in total. The van der Waals surface area contributed by atoms with E-state index in [9.17, 15) is 63.3 Å². The zero-order valence-corrected chi connectivity index (χ0v) is 46.8. The molecule has 6 rings (SSSR count). The lowest BCUT2D eigenvalue weighted by atomic mass is 10.0. The molecule has 16 N–H and O–H groups in total. The Labute approximate surface area is 482 Å². The van der Waals surface area contributed by atoms with E-state index >= 15 is 0 Å². The van der Waals surface area contributed by atoms with Gasteiger partial charge in [0.15, 0.2) is 0 Å². The van der Waals surface area contributed by atoms with E-state index in [0.717, 1.165) is 16.5 Å². The summed E-state index contributed by atoms with van der Waals surface area (Å²) in [5.74, 6) is -10.6. The van der Waals surface area contributed by atoms with Crippen molar-refractivity contribution >= 4 is 82.7 Å². The van der Waals surface area contributed by atoms with Gasteiger partial charge in [-0.2, -0.15) is 12.6 Å². The maximum Gasteiger partial charge on any atom is 0.326 e. The highest BCUT2D eigenvalue weighted by Crippen LogP contribution is 2.22. The number of carbonyl (C=O) groups excluding carboxylic acids is 9. The van der Waals surface area contributed by atoms with E-state index < -0.39 is 132 Å². The number of nitrogens with zero attached hydrogens (tertiary/aromatic N) is 2. The number of rotatable bonds is 29. The van der Waals surface area contributed by atoms with Gasteiger partial charge in [0.2, 0.25) is 53.2 Å². The number of carboxylic acids is 1. The van der Waals surface area contributed by atoms with Crippen LogP contribution in [0.3, 0.4) is 0 Å². The number of primary amides is 1. The fraction of sp³-hybridized carbons (Fsp3) is 0.411. The van der Waals surface area contributed by atoms with Crippen LogP contribution >= 0.6 is 12.6 Å². The summed E-state index contributed by atoms with van der Waals surface area (Å²) >= 11 is 4.27. The molecule has 2 aromatic heterocycles. The minimum Gasteiger partial charge on any atom is -0.508 e. The van der Waals surface area contributed by atoms with Crippen molar-refractivity contribution in [3.05, 3.63) is 120 Å². The van der Waals surface area contributed by atoms with Crippen molar-refractivity contribution in [2.24, 2.45) is 17.4 Å². The molecule has 0 spiro atoms. The van der Waals surface area contributed by atoms with Crippen LogP contribution in [-0.4, -0.2) is 167 Å². The van der Waals surface area contributed by atoms with E-state index in [1.54, 1.807) is 48.7 Å². The Bertz CT molecular complexity index is 3090. The number of hydrogen-bond acceptors (Lipinski definition) is 15. The Hall–Kier alpha value is -8.82. The highest BCUT2D eigenvalue weighted by Gasteiger charge is 2.41. The fourth-order valence-corrected chi connectivity index (χ4v) is 9.73.